The molecule has 1 aliphatic heterocycles. The molecule has 0 saturated carbocycles. The van der Waals surface area contributed by atoms with Crippen LogP contribution in [0.2, 0.25) is 0 Å². The molecular formula is C18H24N4O2S2. The largest absolute Gasteiger partial charge is 0.372 e. The van der Waals surface area contributed by atoms with Crippen LogP contribution in [0.4, 0.5) is 10.8 Å². The maximum atomic E-state index is 12.4. The van der Waals surface area contributed by atoms with E-state index in [1.54, 1.807) is 0 Å². The van der Waals surface area contributed by atoms with Crippen LogP contribution in [0.15, 0.2) is 28.6 Å². The highest BCUT2D eigenvalue weighted by Gasteiger charge is 2.25. The van der Waals surface area contributed by atoms with E-state index < -0.39 is 0 Å². The second kappa shape index (κ2) is 8.83. The number of amides is 1. The molecule has 0 aliphatic carbocycles. The number of carbonyl (C=O) groups is 1. The molecule has 6 nitrogen and oxygen atoms in total. The number of carbonyl (C=O) groups excluding carboxylic acids is 1. The van der Waals surface area contributed by atoms with E-state index in [9.17, 15) is 4.79 Å². The molecule has 0 bridgehead atoms. The van der Waals surface area contributed by atoms with E-state index in [2.05, 4.69) is 34.6 Å². The number of benzene rings is 1. The van der Waals surface area contributed by atoms with Gasteiger partial charge in [-0.1, -0.05) is 42.2 Å². The van der Waals surface area contributed by atoms with Crippen molar-refractivity contribution in [1.82, 2.24) is 15.1 Å². The molecule has 3 rings (SSSR count). The number of thioether (sulfide) groups is 1. The van der Waals surface area contributed by atoms with Crippen molar-refractivity contribution in [1.29, 1.82) is 0 Å². The summed E-state index contributed by atoms with van der Waals surface area (Å²) in [5, 5.41) is 12.3. The summed E-state index contributed by atoms with van der Waals surface area (Å²) in [5.41, 5.74) is 2.29. The van der Waals surface area contributed by atoms with Crippen molar-refractivity contribution in [2.75, 3.05) is 24.2 Å². The van der Waals surface area contributed by atoms with Gasteiger partial charge in [-0.25, -0.2) is 0 Å². The molecule has 2 aromatic rings. The minimum atomic E-state index is 0.0872. The van der Waals surface area contributed by atoms with E-state index in [4.69, 9.17) is 4.74 Å². The Labute approximate surface area is 162 Å². The summed E-state index contributed by atoms with van der Waals surface area (Å²) in [4.78, 5) is 14.3. The first kappa shape index (κ1) is 19.1. The smallest absolute Gasteiger partial charge is 0.233 e. The highest BCUT2D eigenvalue weighted by molar-refractivity contribution is 8.01. The molecule has 26 heavy (non-hydrogen) atoms. The van der Waals surface area contributed by atoms with Crippen LogP contribution in [-0.4, -0.2) is 52.1 Å². The average molecular weight is 393 g/mol. The van der Waals surface area contributed by atoms with Crippen molar-refractivity contribution >= 4 is 39.8 Å². The Morgan fingerprint density at radius 3 is 2.62 bits per heavy atom. The van der Waals surface area contributed by atoms with Crippen LogP contribution in [0, 0.1) is 0 Å². The number of hydrogen-bond donors (Lipinski definition) is 1. The number of anilines is 2. The Morgan fingerprint density at radius 2 is 1.96 bits per heavy atom. The summed E-state index contributed by atoms with van der Waals surface area (Å²) in [5.74, 6) is 0.496. The molecule has 140 valence electrons. The quantitative estimate of drug-likeness (QED) is 0.758. The molecule has 1 saturated heterocycles. The lowest BCUT2D eigenvalue weighted by molar-refractivity contribution is -0.140. The molecular weight excluding hydrogens is 368 g/mol. The molecule has 1 aromatic carbocycles. The van der Waals surface area contributed by atoms with Crippen molar-refractivity contribution in [3.8, 4) is 0 Å². The lowest BCUT2D eigenvalue weighted by Gasteiger charge is -2.35. The Morgan fingerprint density at radius 1 is 1.27 bits per heavy atom. The van der Waals surface area contributed by atoms with Gasteiger partial charge in [0.25, 0.3) is 0 Å². The topological polar surface area (TPSA) is 67.4 Å². The maximum Gasteiger partial charge on any atom is 0.233 e. The molecule has 1 amide bonds. The van der Waals surface area contributed by atoms with Gasteiger partial charge < -0.3 is 15.0 Å². The number of nitrogens with one attached hydrogen (secondary N) is 1. The van der Waals surface area contributed by atoms with Gasteiger partial charge in [-0.05, 0) is 38.0 Å². The van der Waals surface area contributed by atoms with E-state index in [1.165, 1.54) is 28.7 Å². The molecule has 1 aromatic heterocycles. The molecule has 0 spiro atoms. The number of hydrogen-bond acceptors (Lipinski definition) is 7. The van der Waals surface area contributed by atoms with Gasteiger partial charge in [0.1, 0.15) is 0 Å². The van der Waals surface area contributed by atoms with Crippen molar-refractivity contribution in [3.63, 3.8) is 0 Å². The van der Waals surface area contributed by atoms with Crippen LogP contribution in [0.3, 0.4) is 0 Å². The zero-order valence-corrected chi connectivity index (χ0v) is 16.9. The Hall–Kier alpha value is -1.64. The molecule has 1 N–H and O–H groups in total. The zero-order valence-electron chi connectivity index (χ0n) is 15.3. The predicted molar refractivity (Wildman–Crippen MR) is 106 cm³/mol. The van der Waals surface area contributed by atoms with E-state index >= 15 is 0 Å². The van der Waals surface area contributed by atoms with E-state index in [-0.39, 0.29) is 18.1 Å². The standard InChI is InChI=1S/C18H24N4O2S2/c1-4-14-5-7-15(8-6-14)19-17-20-21-18(26-17)25-11-16(23)22-9-12(2)24-13(3)10-22/h5-8,12-13H,4,9-11H2,1-3H3,(H,19,20)/t12-,13-/m0/s1. The molecule has 2 heterocycles. The predicted octanol–water partition coefficient (Wildman–Crippen LogP) is 3.57. The Bertz CT molecular complexity index is 725. The van der Waals surface area contributed by atoms with E-state index in [0.717, 1.165) is 21.6 Å². The van der Waals surface area contributed by atoms with Crippen LogP contribution in [-0.2, 0) is 16.0 Å². The lowest BCUT2D eigenvalue weighted by Crippen LogP contribution is -2.48. The second-order valence-electron chi connectivity index (χ2n) is 6.39. The number of morpholine rings is 1. The van der Waals surface area contributed by atoms with Gasteiger partial charge in [-0.3, -0.25) is 4.79 Å². The molecule has 0 unspecified atom stereocenters. The fourth-order valence-corrected chi connectivity index (χ4v) is 4.54. The molecule has 1 fully saturated rings. The summed E-state index contributed by atoms with van der Waals surface area (Å²) >= 11 is 2.90. The number of ether oxygens (including phenoxy) is 1. The molecule has 8 heteroatoms. The first-order chi connectivity index (χ1) is 12.5. The van der Waals surface area contributed by atoms with Gasteiger partial charge in [0.15, 0.2) is 4.34 Å². The summed E-state index contributed by atoms with van der Waals surface area (Å²) in [6.07, 6.45) is 1.20. The molecule has 1 aliphatic rings. The van der Waals surface area contributed by atoms with Crippen molar-refractivity contribution in [2.45, 2.75) is 43.7 Å². The summed E-state index contributed by atoms with van der Waals surface area (Å²) in [6.45, 7) is 7.44. The molecule has 2 atom stereocenters. The number of aryl methyl sites for hydroxylation is 1. The van der Waals surface area contributed by atoms with Crippen molar-refractivity contribution in [2.24, 2.45) is 0 Å². The fourth-order valence-electron chi connectivity index (χ4n) is 2.86. The van der Waals surface area contributed by atoms with Gasteiger partial charge in [0.2, 0.25) is 11.0 Å². The number of aromatic nitrogens is 2. The number of rotatable bonds is 6. The maximum absolute atomic E-state index is 12.4. The third-order valence-electron chi connectivity index (χ3n) is 4.11. The normalized spacial score (nSPS) is 20.2. The summed E-state index contributed by atoms with van der Waals surface area (Å²) < 4.78 is 6.47. The SMILES string of the molecule is CCc1ccc(Nc2nnc(SCC(=O)N3C[C@H](C)O[C@@H](C)C3)s2)cc1. The Balaban J connectivity index is 1.50. The van der Waals surface area contributed by atoms with Gasteiger partial charge >= 0.3 is 0 Å². The highest BCUT2D eigenvalue weighted by atomic mass is 32.2. The van der Waals surface area contributed by atoms with Gasteiger partial charge in [0, 0.05) is 18.8 Å². The minimum absolute atomic E-state index is 0.0872. The highest BCUT2D eigenvalue weighted by Crippen LogP contribution is 2.28. The van der Waals surface area contributed by atoms with Crippen LogP contribution in [0.25, 0.3) is 0 Å². The fraction of sp³-hybridized carbons (Fsp3) is 0.500. The van der Waals surface area contributed by atoms with Crippen molar-refractivity contribution in [3.05, 3.63) is 29.8 Å². The summed E-state index contributed by atoms with van der Waals surface area (Å²) in [6, 6.07) is 8.28. The van der Waals surface area contributed by atoms with Crippen LogP contribution in [0.1, 0.15) is 26.3 Å². The van der Waals surface area contributed by atoms with Gasteiger partial charge in [-0.2, -0.15) is 0 Å². The number of nitrogens with zero attached hydrogens (tertiary/aromatic N) is 3. The third-order valence-corrected chi connectivity index (χ3v) is 6.07. The lowest BCUT2D eigenvalue weighted by atomic mass is 10.1. The molecule has 0 radical (unpaired) electrons. The van der Waals surface area contributed by atoms with E-state index in [1.807, 2.05) is 30.9 Å². The first-order valence-corrected chi connectivity index (χ1v) is 10.6. The first-order valence-electron chi connectivity index (χ1n) is 8.79. The minimum Gasteiger partial charge on any atom is -0.372 e. The van der Waals surface area contributed by atoms with Crippen LogP contribution < -0.4 is 5.32 Å². The van der Waals surface area contributed by atoms with Crippen LogP contribution >= 0.6 is 23.1 Å². The monoisotopic (exact) mass is 392 g/mol. The second-order valence-corrected chi connectivity index (χ2v) is 8.59. The van der Waals surface area contributed by atoms with Crippen molar-refractivity contribution < 1.29 is 9.53 Å². The van der Waals surface area contributed by atoms with Gasteiger partial charge in [-0.15, -0.1) is 10.2 Å². The van der Waals surface area contributed by atoms with Crippen LogP contribution in [0.5, 0.6) is 0 Å². The van der Waals surface area contributed by atoms with E-state index in [0.29, 0.717) is 18.8 Å². The third kappa shape index (κ3) is 5.18. The zero-order chi connectivity index (χ0) is 18.5. The Kier molecular flexibility index (Phi) is 6.50. The average Bonchev–Trinajstić information content (AvgIpc) is 3.07. The van der Waals surface area contributed by atoms with Gasteiger partial charge in [0.05, 0.1) is 18.0 Å². The summed E-state index contributed by atoms with van der Waals surface area (Å²) in [7, 11) is 0.